The number of anilines is 1. The molecule has 2 aromatic carbocycles. The molecule has 0 radical (unpaired) electrons. The molecule has 0 aliphatic carbocycles. The van der Waals surface area contributed by atoms with Crippen molar-refractivity contribution < 1.29 is 18.7 Å². The standard InChI is InChI=1S/C21H28FN3O3/c1-25(13-14-27-2)12-4-11-23-21(26)24-19-5-3-6-20(15-19)28-16-17-7-9-18(22)10-8-17/h3,5-10,15H,4,11-14,16H2,1-2H3,(H2,23,24,26). The molecule has 152 valence electrons. The zero-order valence-electron chi connectivity index (χ0n) is 16.4. The van der Waals surface area contributed by atoms with Gasteiger partial charge in [-0.15, -0.1) is 0 Å². The smallest absolute Gasteiger partial charge is 0.319 e. The van der Waals surface area contributed by atoms with Crippen molar-refractivity contribution in [2.75, 3.05) is 45.7 Å². The van der Waals surface area contributed by atoms with Gasteiger partial charge in [0, 0.05) is 32.0 Å². The number of carbonyl (C=O) groups excluding carboxylic acids is 1. The Morgan fingerprint density at radius 2 is 1.93 bits per heavy atom. The van der Waals surface area contributed by atoms with Crippen LogP contribution in [0.4, 0.5) is 14.9 Å². The first kappa shape index (κ1) is 21.7. The van der Waals surface area contributed by atoms with E-state index in [0.717, 1.165) is 25.1 Å². The predicted octanol–water partition coefficient (Wildman–Crippen LogP) is 3.49. The molecule has 0 spiro atoms. The molecule has 6 nitrogen and oxygen atoms in total. The van der Waals surface area contributed by atoms with Gasteiger partial charge in [-0.25, -0.2) is 9.18 Å². The topological polar surface area (TPSA) is 62.8 Å². The third-order valence-electron chi connectivity index (χ3n) is 4.09. The molecule has 2 N–H and O–H groups in total. The number of methoxy groups -OCH3 is 1. The lowest BCUT2D eigenvalue weighted by Crippen LogP contribution is -2.32. The molecule has 0 heterocycles. The molecular formula is C21H28FN3O3. The fraction of sp³-hybridized carbons (Fsp3) is 0.381. The lowest BCUT2D eigenvalue weighted by Gasteiger charge is -2.16. The number of urea groups is 1. The van der Waals surface area contributed by atoms with Gasteiger partial charge in [0.15, 0.2) is 0 Å². The SMILES string of the molecule is COCCN(C)CCCNC(=O)Nc1cccc(OCc2ccc(F)cc2)c1. The number of carbonyl (C=O) groups is 1. The molecule has 0 saturated heterocycles. The average molecular weight is 389 g/mol. The highest BCUT2D eigenvalue weighted by atomic mass is 19.1. The molecule has 0 bridgehead atoms. The predicted molar refractivity (Wildman–Crippen MR) is 108 cm³/mol. The summed E-state index contributed by atoms with van der Waals surface area (Å²) in [5.74, 6) is 0.351. The first-order chi connectivity index (χ1) is 13.6. The molecule has 0 unspecified atom stereocenters. The van der Waals surface area contributed by atoms with Crippen LogP contribution < -0.4 is 15.4 Å². The molecule has 0 fully saturated rings. The Bertz CT molecular complexity index is 725. The number of benzene rings is 2. The average Bonchev–Trinajstić information content (AvgIpc) is 2.69. The Hall–Kier alpha value is -2.64. The second-order valence-electron chi connectivity index (χ2n) is 6.47. The lowest BCUT2D eigenvalue weighted by molar-refractivity contribution is 0.160. The first-order valence-electron chi connectivity index (χ1n) is 9.26. The third kappa shape index (κ3) is 8.37. The number of ether oxygens (including phenoxy) is 2. The van der Waals surface area contributed by atoms with Crippen LogP contribution in [0.2, 0.25) is 0 Å². The molecule has 0 aliphatic rings. The van der Waals surface area contributed by atoms with Crippen molar-refractivity contribution in [3.63, 3.8) is 0 Å². The van der Waals surface area contributed by atoms with Gasteiger partial charge in [-0.1, -0.05) is 18.2 Å². The van der Waals surface area contributed by atoms with Crippen LogP contribution in [0.15, 0.2) is 48.5 Å². The maximum Gasteiger partial charge on any atom is 0.319 e. The highest BCUT2D eigenvalue weighted by Gasteiger charge is 2.04. The van der Waals surface area contributed by atoms with E-state index in [1.54, 1.807) is 37.4 Å². The van der Waals surface area contributed by atoms with E-state index in [0.29, 0.717) is 31.2 Å². The summed E-state index contributed by atoms with van der Waals surface area (Å²) in [7, 11) is 3.71. The summed E-state index contributed by atoms with van der Waals surface area (Å²) in [5.41, 5.74) is 1.51. The summed E-state index contributed by atoms with van der Waals surface area (Å²) in [5, 5.41) is 5.64. The van der Waals surface area contributed by atoms with E-state index in [2.05, 4.69) is 15.5 Å². The van der Waals surface area contributed by atoms with Gasteiger partial charge in [0.25, 0.3) is 0 Å². The third-order valence-corrected chi connectivity index (χ3v) is 4.09. The van der Waals surface area contributed by atoms with Crippen LogP contribution in [0.25, 0.3) is 0 Å². The van der Waals surface area contributed by atoms with E-state index < -0.39 is 0 Å². The van der Waals surface area contributed by atoms with E-state index in [4.69, 9.17) is 9.47 Å². The van der Waals surface area contributed by atoms with Crippen LogP contribution in [0.3, 0.4) is 0 Å². The van der Waals surface area contributed by atoms with Crippen molar-refractivity contribution >= 4 is 11.7 Å². The normalized spacial score (nSPS) is 10.7. The van der Waals surface area contributed by atoms with Gasteiger partial charge >= 0.3 is 6.03 Å². The summed E-state index contributed by atoms with van der Waals surface area (Å²) in [4.78, 5) is 14.2. The molecule has 2 amide bonds. The minimum atomic E-state index is -0.275. The van der Waals surface area contributed by atoms with Crippen LogP contribution in [-0.4, -0.2) is 51.3 Å². The first-order valence-corrected chi connectivity index (χ1v) is 9.26. The zero-order valence-corrected chi connectivity index (χ0v) is 16.4. The van der Waals surface area contributed by atoms with Gasteiger partial charge in [-0.3, -0.25) is 0 Å². The molecular weight excluding hydrogens is 361 g/mol. The van der Waals surface area contributed by atoms with Crippen molar-refractivity contribution in [1.82, 2.24) is 10.2 Å². The lowest BCUT2D eigenvalue weighted by atomic mass is 10.2. The molecule has 7 heteroatoms. The van der Waals surface area contributed by atoms with Gasteiger partial charge in [-0.2, -0.15) is 0 Å². The maximum absolute atomic E-state index is 12.9. The fourth-order valence-corrected chi connectivity index (χ4v) is 2.50. The summed E-state index contributed by atoms with van der Waals surface area (Å²) in [6.45, 7) is 3.37. The largest absolute Gasteiger partial charge is 0.489 e. The number of rotatable bonds is 11. The highest BCUT2D eigenvalue weighted by Crippen LogP contribution is 2.18. The molecule has 0 aliphatic heterocycles. The maximum atomic E-state index is 12.9. The zero-order chi connectivity index (χ0) is 20.2. The Balaban J connectivity index is 1.71. The fourth-order valence-electron chi connectivity index (χ4n) is 2.50. The number of hydrogen-bond acceptors (Lipinski definition) is 4. The van der Waals surface area contributed by atoms with E-state index in [-0.39, 0.29) is 11.8 Å². The van der Waals surface area contributed by atoms with Gasteiger partial charge in [-0.05, 0) is 49.8 Å². The van der Waals surface area contributed by atoms with Crippen LogP contribution in [0.1, 0.15) is 12.0 Å². The van der Waals surface area contributed by atoms with Crippen LogP contribution in [0.5, 0.6) is 5.75 Å². The molecule has 2 rings (SSSR count). The van der Waals surface area contributed by atoms with Gasteiger partial charge in [0.1, 0.15) is 18.2 Å². The minimum absolute atomic E-state index is 0.254. The van der Waals surface area contributed by atoms with Crippen molar-refractivity contribution in [2.24, 2.45) is 0 Å². The van der Waals surface area contributed by atoms with Crippen LogP contribution >= 0.6 is 0 Å². The number of hydrogen-bond donors (Lipinski definition) is 2. The van der Waals surface area contributed by atoms with Crippen LogP contribution in [-0.2, 0) is 11.3 Å². The van der Waals surface area contributed by atoms with Gasteiger partial charge < -0.3 is 25.0 Å². The minimum Gasteiger partial charge on any atom is -0.489 e. The number of halogens is 1. The number of nitrogens with one attached hydrogen (secondary N) is 2. The van der Waals surface area contributed by atoms with Crippen LogP contribution in [0, 0.1) is 5.82 Å². The molecule has 0 aromatic heterocycles. The van der Waals surface area contributed by atoms with Crippen molar-refractivity contribution in [3.8, 4) is 5.75 Å². The molecule has 28 heavy (non-hydrogen) atoms. The molecule has 0 saturated carbocycles. The second kappa shape index (κ2) is 11.9. The summed E-state index contributed by atoms with van der Waals surface area (Å²) < 4.78 is 23.7. The quantitative estimate of drug-likeness (QED) is 0.578. The molecule has 2 aromatic rings. The van der Waals surface area contributed by atoms with E-state index in [1.807, 2.05) is 13.1 Å². The summed E-state index contributed by atoms with van der Waals surface area (Å²) in [6, 6.07) is 13.1. The number of nitrogens with zero attached hydrogens (tertiary/aromatic N) is 1. The van der Waals surface area contributed by atoms with Crippen molar-refractivity contribution in [1.29, 1.82) is 0 Å². The Morgan fingerprint density at radius 1 is 1.14 bits per heavy atom. The van der Waals surface area contributed by atoms with Gasteiger partial charge in [0.05, 0.1) is 6.61 Å². The Kier molecular flexibility index (Phi) is 9.24. The van der Waals surface area contributed by atoms with E-state index in [9.17, 15) is 9.18 Å². The monoisotopic (exact) mass is 389 g/mol. The van der Waals surface area contributed by atoms with Crippen molar-refractivity contribution in [3.05, 3.63) is 59.9 Å². The number of amides is 2. The Labute approximate surface area is 165 Å². The molecule has 0 atom stereocenters. The summed E-state index contributed by atoms with van der Waals surface area (Å²) >= 11 is 0. The van der Waals surface area contributed by atoms with E-state index >= 15 is 0 Å². The van der Waals surface area contributed by atoms with Crippen molar-refractivity contribution in [2.45, 2.75) is 13.0 Å². The number of likely N-dealkylation sites (N-methyl/N-ethyl adjacent to an activating group) is 1. The van der Waals surface area contributed by atoms with E-state index in [1.165, 1.54) is 12.1 Å². The second-order valence-corrected chi connectivity index (χ2v) is 6.47. The van der Waals surface area contributed by atoms with Gasteiger partial charge in [0.2, 0.25) is 0 Å². The summed E-state index contributed by atoms with van der Waals surface area (Å²) in [6.07, 6.45) is 0.856. The highest BCUT2D eigenvalue weighted by molar-refractivity contribution is 5.89. The Morgan fingerprint density at radius 3 is 2.68 bits per heavy atom.